The number of nitrogens with zero attached hydrogens (tertiary/aromatic N) is 1. The van der Waals surface area contributed by atoms with Crippen molar-refractivity contribution in [3.8, 4) is 0 Å². The maximum absolute atomic E-state index is 12.7. The van der Waals surface area contributed by atoms with Crippen molar-refractivity contribution in [3.63, 3.8) is 0 Å². The lowest BCUT2D eigenvalue weighted by atomic mass is 10.1. The van der Waals surface area contributed by atoms with Crippen LogP contribution in [0.25, 0.3) is 0 Å². The molecule has 0 unspecified atom stereocenters. The number of hydrogen-bond acceptors (Lipinski definition) is 4. The topological polar surface area (TPSA) is 84.2 Å². The molecule has 0 atom stereocenters. The van der Waals surface area contributed by atoms with Gasteiger partial charge in [0, 0.05) is 6.54 Å². The number of carbonyl (C=O) groups is 2. The van der Waals surface area contributed by atoms with Crippen molar-refractivity contribution in [1.82, 2.24) is 10.5 Å². The van der Waals surface area contributed by atoms with E-state index in [9.17, 15) is 9.59 Å². The second-order valence-electron chi connectivity index (χ2n) is 6.41. The average molecular weight is 377 g/mol. The van der Waals surface area contributed by atoms with Crippen molar-refractivity contribution >= 4 is 17.5 Å². The van der Waals surface area contributed by atoms with Crippen LogP contribution >= 0.6 is 0 Å². The van der Waals surface area contributed by atoms with Crippen LogP contribution < -0.4 is 10.6 Å². The van der Waals surface area contributed by atoms with Crippen molar-refractivity contribution in [2.75, 3.05) is 11.9 Å². The lowest BCUT2D eigenvalue weighted by Crippen LogP contribution is -2.27. The smallest absolute Gasteiger partial charge is 0.261 e. The summed E-state index contributed by atoms with van der Waals surface area (Å²) in [6.07, 6.45) is 1.32. The third-order valence-corrected chi connectivity index (χ3v) is 4.46. The summed E-state index contributed by atoms with van der Waals surface area (Å²) in [6.45, 7) is 4.11. The van der Waals surface area contributed by atoms with E-state index in [0.29, 0.717) is 41.2 Å². The molecule has 0 bridgehead atoms. The number of aromatic nitrogens is 1. The summed E-state index contributed by atoms with van der Waals surface area (Å²) in [4.78, 5) is 25.3. The summed E-state index contributed by atoms with van der Waals surface area (Å²) in [5.41, 5.74) is 3.03. The van der Waals surface area contributed by atoms with Crippen LogP contribution in [0.4, 0.5) is 5.69 Å². The molecule has 0 saturated carbocycles. The largest absolute Gasteiger partial charge is 0.361 e. The van der Waals surface area contributed by atoms with Gasteiger partial charge in [-0.2, -0.15) is 0 Å². The number of rotatable bonds is 7. The Labute approximate surface area is 163 Å². The minimum atomic E-state index is -0.333. The fourth-order valence-electron chi connectivity index (χ4n) is 2.99. The Morgan fingerprint density at radius 1 is 1.00 bits per heavy atom. The molecule has 144 valence electrons. The van der Waals surface area contributed by atoms with Gasteiger partial charge in [0.1, 0.15) is 11.3 Å². The van der Waals surface area contributed by atoms with Crippen LogP contribution in [-0.2, 0) is 12.8 Å². The Kier molecular flexibility index (Phi) is 6.22. The fourth-order valence-corrected chi connectivity index (χ4v) is 2.99. The van der Waals surface area contributed by atoms with E-state index >= 15 is 0 Å². The molecule has 0 saturated heterocycles. The van der Waals surface area contributed by atoms with Crippen LogP contribution in [0.15, 0.2) is 59.1 Å². The van der Waals surface area contributed by atoms with Crippen molar-refractivity contribution in [2.45, 2.75) is 26.7 Å². The molecule has 1 heterocycles. The number of carbonyl (C=O) groups excluding carboxylic acids is 2. The molecule has 2 amide bonds. The molecule has 0 radical (unpaired) electrons. The van der Waals surface area contributed by atoms with Crippen LogP contribution in [0.3, 0.4) is 0 Å². The number of benzene rings is 2. The summed E-state index contributed by atoms with van der Waals surface area (Å²) < 4.78 is 5.13. The Morgan fingerprint density at radius 3 is 2.46 bits per heavy atom. The quantitative estimate of drug-likeness (QED) is 0.656. The highest BCUT2D eigenvalue weighted by Crippen LogP contribution is 2.19. The van der Waals surface area contributed by atoms with E-state index in [1.54, 1.807) is 31.2 Å². The van der Waals surface area contributed by atoms with Crippen molar-refractivity contribution in [2.24, 2.45) is 0 Å². The van der Waals surface area contributed by atoms with E-state index < -0.39 is 0 Å². The third kappa shape index (κ3) is 4.46. The Hall–Kier alpha value is -3.41. The summed E-state index contributed by atoms with van der Waals surface area (Å²) in [5, 5.41) is 9.64. The van der Waals surface area contributed by atoms with Gasteiger partial charge in [-0.15, -0.1) is 0 Å². The molecule has 0 spiro atoms. The van der Waals surface area contributed by atoms with Gasteiger partial charge in [-0.1, -0.05) is 54.5 Å². The van der Waals surface area contributed by atoms with Gasteiger partial charge in [-0.3, -0.25) is 9.59 Å². The van der Waals surface area contributed by atoms with E-state index in [0.717, 1.165) is 12.0 Å². The minimum Gasteiger partial charge on any atom is -0.361 e. The van der Waals surface area contributed by atoms with Crippen LogP contribution in [-0.4, -0.2) is 23.5 Å². The van der Waals surface area contributed by atoms with Crippen LogP contribution in [0.1, 0.15) is 44.7 Å². The zero-order valence-corrected chi connectivity index (χ0v) is 16.0. The zero-order chi connectivity index (χ0) is 19.9. The van der Waals surface area contributed by atoms with Gasteiger partial charge in [0.15, 0.2) is 0 Å². The molecule has 3 aromatic rings. The molecule has 1 aromatic heterocycles. The Balaban J connectivity index is 1.69. The van der Waals surface area contributed by atoms with Gasteiger partial charge < -0.3 is 15.2 Å². The van der Waals surface area contributed by atoms with E-state index in [1.807, 2.05) is 37.3 Å². The highest BCUT2D eigenvalue weighted by molar-refractivity contribution is 6.09. The number of hydrogen-bond donors (Lipinski definition) is 2. The number of aryl methyl sites for hydroxylation is 2. The Bertz CT molecular complexity index is 964. The predicted octanol–water partition coefficient (Wildman–Crippen LogP) is 3.77. The summed E-state index contributed by atoms with van der Waals surface area (Å²) >= 11 is 0. The molecule has 3 rings (SSSR count). The molecular formula is C22H23N3O3. The number of amides is 2. The van der Waals surface area contributed by atoms with Crippen LogP contribution in [0.2, 0.25) is 0 Å². The molecule has 28 heavy (non-hydrogen) atoms. The van der Waals surface area contributed by atoms with Crippen molar-refractivity contribution < 1.29 is 14.1 Å². The molecular weight excluding hydrogens is 354 g/mol. The number of nitrogens with one attached hydrogen (secondary N) is 2. The van der Waals surface area contributed by atoms with Gasteiger partial charge in [0.2, 0.25) is 0 Å². The van der Waals surface area contributed by atoms with Crippen molar-refractivity contribution in [1.29, 1.82) is 0 Å². The molecule has 0 aliphatic rings. The van der Waals surface area contributed by atoms with Crippen LogP contribution in [0, 0.1) is 6.92 Å². The zero-order valence-electron chi connectivity index (χ0n) is 16.0. The van der Waals surface area contributed by atoms with Gasteiger partial charge in [0.05, 0.1) is 16.9 Å². The van der Waals surface area contributed by atoms with E-state index in [-0.39, 0.29) is 11.8 Å². The van der Waals surface area contributed by atoms with E-state index in [1.165, 1.54) is 0 Å². The average Bonchev–Trinajstić information content (AvgIpc) is 3.09. The van der Waals surface area contributed by atoms with E-state index in [2.05, 4.69) is 15.8 Å². The SMILES string of the molecule is CCc1noc(C)c1C(=O)Nc1ccccc1C(=O)NCCc1ccccc1. The van der Waals surface area contributed by atoms with E-state index in [4.69, 9.17) is 4.52 Å². The first kappa shape index (κ1) is 19.4. The molecule has 2 aromatic carbocycles. The van der Waals surface area contributed by atoms with Crippen LogP contribution in [0.5, 0.6) is 0 Å². The lowest BCUT2D eigenvalue weighted by molar-refractivity contribution is 0.0955. The minimum absolute atomic E-state index is 0.232. The van der Waals surface area contributed by atoms with Gasteiger partial charge >= 0.3 is 0 Å². The first-order valence-corrected chi connectivity index (χ1v) is 9.27. The standard InChI is InChI=1S/C22H23N3O3/c1-3-18-20(15(2)28-25-18)22(27)24-19-12-8-7-11-17(19)21(26)23-14-13-16-9-5-4-6-10-16/h4-12H,3,13-14H2,1-2H3,(H,23,26)(H,24,27). The molecule has 2 N–H and O–H groups in total. The number of para-hydroxylation sites is 1. The van der Waals surface area contributed by atoms with Gasteiger partial charge in [0.25, 0.3) is 11.8 Å². The third-order valence-electron chi connectivity index (χ3n) is 4.46. The first-order chi connectivity index (χ1) is 13.6. The summed E-state index contributed by atoms with van der Waals surface area (Å²) in [7, 11) is 0. The normalized spacial score (nSPS) is 10.5. The highest BCUT2D eigenvalue weighted by Gasteiger charge is 2.21. The van der Waals surface area contributed by atoms with Gasteiger partial charge in [-0.25, -0.2) is 0 Å². The second-order valence-corrected chi connectivity index (χ2v) is 6.41. The summed E-state index contributed by atoms with van der Waals surface area (Å²) in [5.74, 6) is -0.108. The molecule has 0 fully saturated rings. The van der Waals surface area contributed by atoms with Crippen molar-refractivity contribution in [3.05, 3.63) is 82.7 Å². The maximum atomic E-state index is 12.7. The first-order valence-electron chi connectivity index (χ1n) is 9.27. The second kappa shape index (κ2) is 8.99. The monoisotopic (exact) mass is 377 g/mol. The fraction of sp³-hybridized carbons (Fsp3) is 0.227. The maximum Gasteiger partial charge on any atom is 0.261 e. The van der Waals surface area contributed by atoms with Gasteiger partial charge in [-0.05, 0) is 37.5 Å². The Morgan fingerprint density at radius 2 is 1.71 bits per heavy atom. The molecule has 6 heteroatoms. The lowest BCUT2D eigenvalue weighted by Gasteiger charge is -2.11. The number of anilines is 1. The predicted molar refractivity (Wildman–Crippen MR) is 107 cm³/mol. The molecule has 6 nitrogen and oxygen atoms in total. The highest BCUT2D eigenvalue weighted by atomic mass is 16.5. The molecule has 0 aliphatic carbocycles. The molecule has 0 aliphatic heterocycles. The summed E-state index contributed by atoms with van der Waals surface area (Å²) in [6, 6.07) is 16.9.